The zero-order valence-electron chi connectivity index (χ0n) is 27.2. The van der Waals surface area contributed by atoms with E-state index in [4.69, 9.17) is 14.9 Å². The first-order valence-corrected chi connectivity index (χ1v) is 16.3. The predicted octanol–water partition coefficient (Wildman–Crippen LogP) is 4.84. The standard InChI is InChI=1S/C29H47F3N4O2.C4H4O4/c1-3-4-5-6-7-8-9-23-38-28(37)25(2)35-19-15-33(16-20-35)13-14-34-17-21-36(22-18-34)27-12-10-11-26(24-27)29(30,31)32;5-3(6)1-2-4(7)8/h10-12,24-25H,3-9,13-23H2,1-2H3;1-2H,(H,5,6)(H,7,8)/b;2-1+. The van der Waals surface area contributed by atoms with Crippen LogP contribution >= 0.6 is 0 Å². The third-order valence-corrected chi connectivity index (χ3v) is 8.30. The number of ether oxygens (including phenoxy) is 1. The van der Waals surface area contributed by atoms with E-state index in [9.17, 15) is 27.6 Å². The lowest BCUT2D eigenvalue weighted by Gasteiger charge is -2.39. The van der Waals surface area contributed by atoms with Crippen LogP contribution in [0.25, 0.3) is 0 Å². The highest BCUT2D eigenvalue weighted by atomic mass is 19.4. The molecule has 0 spiro atoms. The van der Waals surface area contributed by atoms with Gasteiger partial charge in [-0.3, -0.25) is 19.5 Å². The van der Waals surface area contributed by atoms with Crippen LogP contribution in [0.2, 0.25) is 0 Å². The molecule has 2 heterocycles. The molecule has 1 aromatic rings. The molecule has 2 N–H and O–H groups in total. The van der Waals surface area contributed by atoms with Crippen molar-refractivity contribution in [2.75, 3.05) is 77.0 Å². The number of carbonyl (C=O) groups excluding carboxylic acids is 1. The molecule has 10 nitrogen and oxygen atoms in total. The van der Waals surface area contributed by atoms with Crippen LogP contribution in [-0.4, -0.2) is 121 Å². The molecule has 1 atom stereocenters. The average Bonchev–Trinajstić information content (AvgIpc) is 3.04. The molecule has 13 heteroatoms. The Hall–Kier alpha value is -3.16. The van der Waals surface area contributed by atoms with E-state index in [0.717, 1.165) is 84.4 Å². The molecule has 2 saturated heterocycles. The molecule has 1 unspecified atom stereocenters. The van der Waals surface area contributed by atoms with Crippen LogP contribution in [0.5, 0.6) is 0 Å². The molecule has 2 fully saturated rings. The molecule has 1 aromatic carbocycles. The number of rotatable bonds is 16. The molecule has 260 valence electrons. The smallest absolute Gasteiger partial charge is 0.416 e. The summed E-state index contributed by atoms with van der Waals surface area (Å²) in [4.78, 5) is 40.7. The monoisotopic (exact) mass is 656 g/mol. The molecule has 0 aromatic heterocycles. The maximum Gasteiger partial charge on any atom is 0.416 e. The van der Waals surface area contributed by atoms with Crippen molar-refractivity contribution in [3.8, 4) is 0 Å². The number of carboxylic acids is 2. The van der Waals surface area contributed by atoms with Gasteiger partial charge in [0.05, 0.1) is 12.2 Å². The van der Waals surface area contributed by atoms with E-state index in [-0.39, 0.29) is 12.0 Å². The third kappa shape index (κ3) is 15.4. The Labute approximate surface area is 270 Å². The highest BCUT2D eigenvalue weighted by Crippen LogP contribution is 2.31. The summed E-state index contributed by atoms with van der Waals surface area (Å²) in [5, 5.41) is 15.6. The fourth-order valence-electron chi connectivity index (χ4n) is 5.41. The van der Waals surface area contributed by atoms with Crippen molar-refractivity contribution in [1.82, 2.24) is 14.7 Å². The largest absolute Gasteiger partial charge is 0.478 e. The number of carboxylic acid groups (broad SMARTS) is 2. The van der Waals surface area contributed by atoms with Crippen LogP contribution in [0.15, 0.2) is 36.4 Å². The Morgan fingerprint density at radius 3 is 1.87 bits per heavy atom. The molecular weight excluding hydrogens is 605 g/mol. The van der Waals surface area contributed by atoms with E-state index in [1.54, 1.807) is 6.07 Å². The maximum atomic E-state index is 13.0. The SMILES string of the molecule is CCCCCCCCCOC(=O)C(C)N1CCN(CCN2CCN(c3cccc(C(F)(F)F)c3)CC2)CC1.O=C(O)/C=C/C(=O)O. The zero-order valence-corrected chi connectivity index (χ0v) is 27.2. The molecule has 3 rings (SSSR count). The van der Waals surface area contributed by atoms with Crippen molar-refractivity contribution in [2.45, 2.75) is 71.0 Å². The maximum absolute atomic E-state index is 13.0. The number of nitrogens with zero attached hydrogens (tertiary/aromatic N) is 4. The molecular formula is C33H51F3N4O6. The molecule has 0 radical (unpaired) electrons. The number of carbonyl (C=O) groups is 3. The highest BCUT2D eigenvalue weighted by molar-refractivity contribution is 5.89. The van der Waals surface area contributed by atoms with Crippen LogP contribution in [0, 0.1) is 0 Å². The van der Waals surface area contributed by atoms with Crippen LogP contribution in [0.4, 0.5) is 18.9 Å². The highest BCUT2D eigenvalue weighted by Gasteiger charge is 2.31. The summed E-state index contributed by atoms with van der Waals surface area (Å²) < 4.78 is 44.7. The van der Waals surface area contributed by atoms with Gasteiger partial charge >= 0.3 is 24.1 Å². The van der Waals surface area contributed by atoms with Gasteiger partial charge in [0.1, 0.15) is 6.04 Å². The van der Waals surface area contributed by atoms with Crippen LogP contribution in [-0.2, 0) is 25.3 Å². The van der Waals surface area contributed by atoms with E-state index >= 15 is 0 Å². The number of benzene rings is 1. The van der Waals surface area contributed by atoms with E-state index < -0.39 is 23.7 Å². The second-order valence-corrected chi connectivity index (χ2v) is 11.7. The lowest BCUT2D eigenvalue weighted by Crippen LogP contribution is -2.54. The van der Waals surface area contributed by atoms with Crippen molar-refractivity contribution in [3.63, 3.8) is 0 Å². The number of piperazine rings is 2. The molecule has 0 bridgehead atoms. The van der Waals surface area contributed by atoms with Crippen LogP contribution < -0.4 is 4.90 Å². The fourth-order valence-corrected chi connectivity index (χ4v) is 5.41. The first-order valence-electron chi connectivity index (χ1n) is 16.3. The number of anilines is 1. The van der Waals surface area contributed by atoms with E-state index in [0.29, 0.717) is 24.4 Å². The Morgan fingerprint density at radius 2 is 1.35 bits per heavy atom. The molecule has 2 aliphatic rings. The minimum Gasteiger partial charge on any atom is -0.478 e. The summed E-state index contributed by atoms with van der Waals surface area (Å²) in [5.74, 6) is -2.62. The number of esters is 1. The summed E-state index contributed by atoms with van der Waals surface area (Å²) in [6.45, 7) is 13.3. The minimum atomic E-state index is -4.31. The van der Waals surface area contributed by atoms with Crippen molar-refractivity contribution < 1.29 is 42.5 Å². The molecule has 0 aliphatic carbocycles. The summed E-state index contributed by atoms with van der Waals surface area (Å²) in [7, 11) is 0. The molecule has 0 amide bonds. The Balaban J connectivity index is 0.000000812. The Bertz CT molecular complexity index is 1070. The van der Waals surface area contributed by atoms with Gasteiger partial charge in [0.2, 0.25) is 0 Å². The number of halogens is 3. The van der Waals surface area contributed by atoms with Gasteiger partial charge in [-0.1, -0.05) is 51.5 Å². The lowest BCUT2D eigenvalue weighted by molar-refractivity contribution is -0.150. The number of hydrogen-bond acceptors (Lipinski definition) is 8. The quantitative estimate of drug-likeness (QED) is 0.146. The van der Waals surface area contributed by atoms with E-state index in [1.807, 2.05) is 11.8 Å². The first kappa shape index (κ1) is 39.0. The van der Waals surface area contributed by atoms with Crippen molar-refractivity contribution in [1.29, 1.82) is 0 Å². The average molecular weight is 657 g/mol. The lowest BCUT2D eigenvalue weighted by atomic mass is 10.1. The van der Waals surface area contributed by atoms with Gasteiger partial charge < -0.3 is 19.8 Å². The molecule has 0 saturated carbocycles. The number of aliphatic carboxylic acids is 2. The van der Waals surface area contributed by atoms with Gasteiger partial charge in [0.15, 0.2) is 0 Å². The van der Waals surface area contributed by atoms with E-state index in [1.165, 1.54) is 44.2 Å². The van der Waals surface area contributed by atoms with Crippen molar-refractivity contribution in [2.24, 2.45) is 0 Å². The van der Waals surface area contributed by atoms with Gasteiger partial charge in [-0.25, -0.2) is 9.59 Å². The van der Waals surface area contributed by atoms with Gasteiger partial charge in [0, 0.05) is 83.3 Å². The second kappa shape index (κ2) is 20.9. The van der Waals surface area contributed by atoms with Gasteiger partial charge in [-0.15, -0.1) is 0 Å². The second-order valence-electron chi connectivity index (χ2n) is 11.7. The van der Waals surface area contributed by atoms with Gasteiger partial charge in [-0.05, 0) is 31.5 Å². The first-order chi connectivity index (χ1) is 21.9. The normalized spacial score (nSPS) is 17.4. The predicted molar refractivity (Wildman–Crippen MR) is 171 cm³/mol. The minimum absolute atomic E-state index is 0.108. The Morgan fingerprint density at radius 1 is 0.826 bits per heavy atom. The topological polar surface area (TPSA) is 114 Å². The van der Waals surface area contributed by atoms with Crippen molar-refractivity contribution >= 4 is 23.6 Å². The van der Waals surface area contributed by atoms with E-state index in [2.05, 4.69) is 21.6 Å². The zero-order chi connectivity index (χ0) is 34.0. The molecule has 2 aliphatic heterocycles. The number of hydrogen-bond donors (Lipinski definition) is 2. The van der Waals surface area contributed by atoms with Gasteiger partial charge in [0.25, 0.3) is 0 Å². The Kier molecular flexibility index (Phi) is 17.7. The van der Waals surface area contributed by atoms with Crippen molar-refractivity contribution in [3.05, 3.63) is 42.0 Å². The fraction of sp³-hybridized carbons (Fsp3) is 0.667. The van der Waals surface area contributed by atoms with Gasteiger partial charge in [-0.2, -0.15) is 13.2 Å². The van der Waals surface area contributed by atoms with Crippen LogP contribution in [0.3, 0.4) is 0 Å². The molecule has 46 heavy (non-hydrogen) atoms. The number of alkyl halides is 3. The summed E-state index contributed by atoms with van der Waals surface area (Å²) >= 11 is 0. The summed E-state index contributed by atoms with van der Waals surface area (Å²) in [6.07, 6.45) is 5.26. The van der Waals surface area contributed by atoms with Crippen LogP contribution in [0.1, 0.15) is 64.4 Å². The number of unbranched alkanes of at least 4 members (excludes halogenated alkanes) is 6. The third-order valence-electron chi connectivity index (χ3n) is 8.30. The summed E-state index contributed by atoms with van der Waals surface area (Å²) in [5.41, 5.74) is 0.0537. The summed E-state index contributed by atoms with van der Waals surface area (Å²) in [6, 6.07) is 5.42.